The molecule has 2 heterocycles. The molecule has 1 unspecified atom stereocenters. The second-order valence-electron chi connectivity index (χ2n) is 9.30. The summed E-state index contributed by atoms with van der Waals surface area (Å²) in [6.45, 7) is 5.52. The van der Waals surface area contributed by atoms with Crippen LogP contribution >= 0.6 is 0 Å². The Balaban J connectivity index is 1.48. The predicted molar refractivity (Wildman–Crippen MR) is 142 cm³/mol. The molecular formula is C28H35N5O4. The normalized spacial score (nSPS) is 15.1. The molecule has 0 bridgehead atoms. The lowest BCUT2D eigenvalue weighted by Gasteiger charge is -2.33. The molecule has 1 N–H and O–H groups in total. The van der Waals surface area contributed by atoms with Crippen molar-refractivity contribution in [3.8, 4) is 5.69 Å². The van der Waals surface area contributed by atoms with Gasteiger partial charge in [-0.2, -0.15) is 5.10 Å². The molecule has 0 fully saturated rings. The Kier molecular flexibility index (Phi) is 8.70. The van der Waals surface area contributed by atoms with E-state index in [-0.39, 0.29) is 24.2 Å². The maximum Gasteiger partial charge on any atom is 0.350 e. The number of rotatable bonds is 10. The molecule has 2 aromatic carbocycles. The quantitative estimate of drug-likeness (QED) is 0.426. The van der Waals surface area contributed by atoms with Crippen molar-refractivity contribution in [3.63, 3.8) is 0 Å². The number of nitrogens with zero attached hydrogens (tertiary/aromatic N) is 4. The van der Waals surface area contributed by atoms with E-state index in [0.717, 1.165) is 29.8 Å². The summed E-state index contributed by atoms with van der Waals surface area (Å²) in [6, 6.07) is 17.4. The summed E-state index contributed by atoms with van der Waals surface area (Å²) >= 11 is 0. The largest absolute Gasteiger partial charge is 0.354 e. The molecule has 1 atom stereocenters. The second kappa shape index (κ2) is 12.1. The highest BCUT2D eigenvalue weighted by Crippen LogP contribution is 2.29. The van der Waals surface area contributed by atoms with Crippen LogP contribution in [0.5, 0.6) is 0 Å². The van der Waals surface area contributed by atoms with Crippen LogP contribution in [0.15, 0.2) is 71.8 Å². The van der Waals surface area contributed by atoms with Crippen LogP contribution in [0.4, 0.5) is 0 Å². The number of amides is 1. The van der Waals surface area contributed by atoms with Crippen molar-refractivity contribution in [1.29, 1.82) is 0 Å². The summed E-state index contributed by atoms with van der Waals surface area (Å²) < 4.78 is 13.5. The zero-order valence-corrected chi connectivity index (χ0v) is 21.8. The molecule has 1 aliphatic heterocycles. The lowest BCUT2D eigenvalue weighted by Crippen LogP contribution is -2.44. The van der Waals surface area contributed by atoms with Gasteiger partial charge >= 0.3 is 5.69 Å². The standard InChI is InChI=1S/C28H35N5O4/c1-20(2)33-28(35)32(19-30-33)24-12-10-21(11-13-24)22-14-16-31(17-15-22)26(23-8-6-5-7-9-23)27(34)29-18-25(36-3)37-4/h5-14,19-20,25-26H,15-18H2,1-4H3,(H,29,34). The molecule has 0 saturated heterocycles. The van der Waals surface area contributed by atoms with E-state index >= 15 is 0 Å². The number of benzene rings is 2. The number of carbonyl (C=O) groups excluding carboxylic acids is 1. The van der Waals surface area contributed by atoms with E-state index in [4.69, 9.17) is 9.47 Å². The summed E-state index contributed by atoms with van der Waals surface area (Å²) in [7, 11) is 3.10. The van der Waals surface area contributed by atoms with Gasteiger partial charge < -0.3 is 14.8 Å². The fourth-order valence-corrected chi connectivity index (χ4v) is 4.57. The minimum atomic E-state index is -0.494. The van der Waals surface area contributed by atoms with Crippen molar-refractivity contribution in [2.24, 2.45) is 0 Å². The number of aromatic nitrogens is 3. The van der Waals surface area contributed by atoms with Gasteiger partial charge in [-0.05, 0) is 49.1 Å². The van der Waals surface area contributed by atoms with Crippen LogP contribution in [0.2, 0.25) is 0 Å². The van der Waals surface area contributed by atoms with Gasteiger partial charge in [0.2, 0.25) is 5.91 Å². The van der Waals surface area contributed by atoms with Crippen molar-refractivity contribution in [1.82, 2.24) is 24.6 Å². The van der Waals surface area contributed by atoms with Crippen molar-refractivity contribution < 1.29 is 14.3 Å². The first-order valence-electron chi connectivity index (χ1n) is 12.5. The average molecular weight is 506 g/mol. The molecule has 0 spiro atoms. The van der Waals surface area contributed by atoms with Crippen LogP contribution in [0.25, 0.3) is 11.3 Å². The van der Waals surface area contributed by atoms with Gasteiger partial charge in [0.25, 0.3) is 0 Å². The summed E-state index contributed by atoms with van der Waals surface area (Å²) in [5, 5.41) is 7.18. The highest BCUT2D eigenvalue weighted by Gasteiger charge is 2.29. The molecule has 9 heteroatoms. The third-order valence-corrected chi connectivity index (χ3v) is 6.64. The number of hydrogen-bond donors (Lipinski definition) is 1. The topological polar surface area (TPSA) is 90.6 Å². The Bertz CT molecular complexity index is 1260. The maximum absolute atomic E-state index is 13.3. The Morgan fingerprint density at radius 3 is 2.32 bits per heavy atom. The Labute approximate surface area is 217 Å². The molecule has 3 aromatic rings. The molecule has 1 aliphatic rings. The minimum absolute atomic E-state index is 0.00606. The lowest BCUT2D eigenvalue weighted by atomic mass is 9.96. The van der Waals surface area contributed by atoms with Gasteiger partial charge in [0.1, 0.15) is 12.4 Å². The molecule has 1 aromatic heterocycles. The zero-order valence-electron chi connectivity index (χ0n) is 21.8. The highest BCUT2D eigenvalue weighted by molar-refractivity contribution is 5.83. The molecule has 0 saturated carbocycles. The molecule has 1 amide bonds. The third-order valence-electron chi connectivity index (χ3n) is 6.64. The monoisotopic (exact) mass is 505 g/mol. The molecule has 4 rings (SSSR count). The van der Waals surface area contributed by atoms with E-state index in [1.807, 2.05) is 68.4 Å². The minimum Gasteiger partial charge on any atom is -0.354 e. The fraction of sp³-hybridized carbons (Fsp3) is 0.393. The number of nitrogens with one attached hydrogen (secondary N) is 1. The van der Waals surface area contributed by atoms with E-state index < -0.39 is 12.3 Å². The number of ether oxygens (including phenoxy) is 2. The van der Waals surface area contributed by atoms with Gasteiger partial charge in [0.15, 0.2) is 6.29 Å². The Morgan fingerprint density at radius 1 is 1.05 bits per heavy atom. The average Bonchev–Trinajstić information content (AvgIpc) is 3.32. The number of hydrogen-bond acceptors (Lipinski definition) is 6. The van der Waals surface area contributed by atoms with Crippen LogP contribution in [0.3, 0.4) is 0 Å². The number of methoxy groups -OCH3 is 2. The van der Waals surface area contributed by atoms with Gasteiger partial charge in [-0.25, -0.2) is 14.0 Å². The smallest absolute Gasteiger partial charge is 0.350 e. The summed E-state index contributed by atoms with van der Waals surface area (Å²) in [4.78, 5) is 28.0. The van der Waals surface area contributed by atoms with Gasteiger partial charge in [-0.1, -0.05) is 48.5 Å². The number of carbonyl (C=O) groups is 1. The van der Waals surface area contributed by atoms with Crippen molar-refractivity contribution >= 4 is 11.5 Å². The molecule has 9 nitrogen and oxygen atoms in total. The van der Waals surface area contributed by atoms with Crippen LogP contribution in [0, 0.1) is 0 Å². The molecular weight excluding hydrogens is 470 g/mol. The highest BCUT2D eigenvalue weighted by atomic mass is 16.7. The summed E-state index contributed by atoms with van der Waals surface area (Å²) in [5.74, 6) is -0.0844. The fourth-order valence-electron chi connectivity index (χ4n) is 4.57. The first-order chi connectivity index (χ1) is 17.9. The molecule has 196 valence electrons. The SMILES string of the molecule is COC(CNC(=O)C(c1ccccc1)N1CC=C(c2ccc(-n3cnn(C(C)C)c3=O)cc2)CC1)OC. The van der Waals surface area contributed by atoms with E-state index in [1.165, 1.54) is 10.3 Å². The van der Waals surface area contributed by atoms with E-state index in [1.54, 1.807) is 25.1 Å². The second-order valence-corrected chi connectivity index (χ2v) is 9.30. The first-order valence-corrected chi connectivity index (χ1v) is 12.5. The van der Waals surface area contributed by atoms with Crippen molar-refractivity contribution in [3.05, 3.63) is 88.6 Å². The first kappa shape index (κ1) is 26.5. The van der Waals surface area contributed by atoms with Crippen LogP contribution < -0.4 is 11.0 Å². The van der Waals surface area contributed by atoms with E-state index in [2.05, 4.69) is 21.4 Å². The summed E-state index contributed by atoms with van der Waals surface area (Å²) in [5.41, 5.74) is 3.91. The predicted octanol–water partition coefficient (Wildman–Crippen LogP) is 3.18. The Morgan fingerprint density at radius 2 is 1.76 bits per heavy atom. The van der Waals surface area contributed by atoms with Crippen molar-refractivity contribution in [2.75, 3.05) is 33.9 Å². The van der Waals surface area contributed by atoms with E-state index in [9.17, 15) is 9.59 Å². The van der Waals surface area contributed by atoms with Crippen LogP contribution in [0.1, 0.15) is 43.5 Å². The lowest BCUT2D eigenvalue weighted by molar-refractivity contribution is -0.132. The van der Waals surface area contributed by atoms with Gasteiger partial charge in [-0.15, -0.1) is 0 Å². The van der Waals surface area contributed by atoms with Crippen LogP contribution in [-0.4, -0.2) is 65.3 Å². The van der Waals surface area contributed by atoms with Gasteiger partial charge in [0.05, 0.1) is 18.3 Å². The summed E-state index contributed by atoms with van der Waals surface area (Å²) in [6.07, 6.45) is 4.05. The maximum atomic E-state index is 13.3. The van der Waals surface area contributed by atoms with E-state index in [0.29, 0.717) is 6.54 Å². The zero-order chi connectivity index (χ0) is 26.4. The van der Waals surface area contributed by atoms with Gasteiger partial charge in [0, 0.05) is 27.3 Å². The molecule has 0 aliphatic carbocycles. The third kappa shape index (κ3) is 6.07. The molecule has 0 radical (unpaired) electrons. The van der Waals surface area contributed by atoms with Crippen molar-refractivity contribution in [2.45, 2.75) is 38.6 Å². The van der Waals surface area contributed by atoms with Gasteiger partial charge in [-0.3, -0.25) is 9.69 Å². The Hall–Kier alpha value is -3.53. The van der Waals surface area contributed by atoms with Crippen LogP contribution in [-0.2, 0) is 14.3 Å². The molecule has 37 heavy (non-hydrogen) atoms.